The molecular weight excluding hydrogens is 270 g/mol. The van der Waals surface area contributed by atoms with Crippen molar-refractivity contribution in [3.05, 3.63) is 70.2 Å². The highest BCUT2D eigenvalue weighted by atomic mass is 35.5. The fraction of sp³-hybridized carbons (Fsp3) is 0.235. The minimum Gasteiger partial charge on any atom is -0.299 e. The zero-order valence-corrected chi connectivity index (χ0v) is 11.9. The largest absolute Gasteiger partial charge is 0.299 e. The van der Waals surface area contributed by atoms with Crippen LogP contribution >= 0.6 is 11.6 Å². The topological polar surface area (TPSA) is 20.3 Å². The summed E-state index contributed by atoms with van der Waals surface area (Å²) in [6.07, 6.45) is 1.25. The number of ketones is 1. The minimum atomic E-state index is 0.0450. The summed E-state index contributed by atoms with van der Waals surface area (Å²) in [6.45, 7) is 3.10. The van der Waals surface area contributed by atoms with Gasteiger partial charge in [-0.05, 0) is 37.2 Å². The summed E-state index contributed by atoms with van der Waals surface area (Å²) in [5.41, 5.74) is 2.52. The van der Waals surface area contributed by atoms with Gasteiger partial charge in [0, 0.05) is 22.7 Å². The summed E-state index contributed by atoms with van der Waals surface area (Å²) >= 11 is 5.97. The van der Waals surface area contributed by atoms with Crippen LogP contribution in [0.3, 0.4) is 0 Å². The first-order valence-electron chi connectivity index (χ1n) is 6.84. The first-order chi connectivity index (χ1) is 9.74. The molecule has 1 heterocycles. The fourth-order valence-corrected chi connectivity index (χ4v) is 2.64. The van der Waals surface area contributed by atoms with E-state index in [1.807, 2.05) is 36.4 Å². The number of likely N-dealkylation sites (tertiary alicyclic amines) is 1. The summed E-state index contributed by atoms with van der Waals surface area (Å²) in [5.74, 6) is 0.0450. The predicted molar refractivity (Wildman–Crippen MR) is 81.2 cm³/mol. The smallest absolute Gasteiger partial charge is 0.193 e. The van der Waals surface area contributed by atoms with Crippen LogP contribution in [0, 0.1) is 0 Å². The van der Waals surface area contributed by atoms with Crippen LogP contribution in [-0.4, -0.2) is 23.8 Å². The van der Waals surface area contributed by atoms with Gasteiger partial charge in [-0.1, -0.05) is 48.0 Å². The molecule has 0 unspecified atom stereocenters. The second-order valence-corrected chi connectivity index (χ2v) is 5.56. The normalized spacial score (nSPS) is 14.8. The molecule has 0 aliphatic carbocycles. The van der Waals surface area contributed by atoms with Crippen molar-refractivity contribution in [2.75, 3.05) is 13.1 Å². The molecule has 0 aromatic heterocycles. The van der Waals surface area contributed by atoms with E-state index in [2.05, 4.69) is 4.90 Å². The Morgan fingerprint density at radius 1 is 1.10 bits per heavy atom. The summed E-state index contributed by atoms with van der Waals surface area (Å²) in [5, 5.41) is 0.594. The van der Waals surface area contributed by atoms with E-state index in [-0.39, 0.29) is 5.78 Å². The maximum absolute atomic E-state index is 12.6. The molecule has 0 radical (unpaired) electrons. The van der Waals surface area contributed by atoms with E-state index < -0.39 is 0 Å². The van der Waals surface area contributed by atoms with Crippen molar-refractivity contribution in [3.63, 3.8) is 0 Å². The molecule has 0 amide bonds. The molecule has 2 nitrogen and oxygen atoms in total. The standard InChI is InChI=1S/C17H16ClNO/c18-15-7-3-6-13(11-15)17(20)16-8-2-1-5-14(16)12-19-9-4-10-19/h1-3,5-8,11H,4,9-10,12H2. The van der Waals surface area contributed by atoms with Gasteiger partial charge in [0.25, 0.3) is 0 Å². The highest BCUT2D eigenvalue weighted by Gasteiger charge is 2.18. The lowest BCUT2D eigenvalue weighted by molar-refractivity contribution is 0.103. The van der Waals surface area contributed by atoms with E-state index >= 15 is 0 Å². The monoisotopic (exact) mass is 285 g/mol. The average Bonchev–Trinajstić information content (AvgIpc) is 2.42. The van der Waals surface area contributed by atoms with Gasteiger partial charge in [-0.3, -0.25) is 9.69 Å². The van der Waals surface area contributed by atoms with Gasteiger partial charge in [-0.25, -0.2) is 0 Å². The van der Waals surface area contributed by atoms with Gasteiger partial charge < -0.3 is 0 Å². The lowest BCUT2D eigenvalue weighted by Gasteiger charge is -2.31. The second kappa shape index (κ2) is 5.78. The Balaban J connectivity index is 1.90. The van der Waals surface area contributed by atoms with Crippen LogP contribution in [0.5, 0.6) is 0 Å². The van der Waals surface area contributed by atoms with Crippen molar-refractivity contribution in [1.29, 1.82) is 0 Å². The van der Waals surface area contributed by atoms with Crippen LogP contribution in [-0.2, 0) is 6.54 Å². The van der Waals surface area contributed by atoms with Crippen molar-refractivity contribution >= 4 is 17.4 Å². The van der Waals surface area contributed by atoms with E-state index in [0.717, 1.165) is 30.8 Å². The third-order valence-corrected chi connectivity index (χ3v) is 3.93. The third-order valence-electron chi connectivity index (χ3n) is 3.69. The van der Waals surface area contributed by atoms with Crippen LogP contribution in [0.25, 0.3) is 0 Å². The van der Waals surface area contributed by atoms with E-state index in [1.54, 1.807) is 12.1 Å². The van der Waals surface area contributed by atoms with E-state index in [0.29, 0.717) is 10.6 Å². The van der Waals surface area contributed by atoms with Gasteiger partial charge in [0.2, 0.25) is 0 Å². The van der Waals surface area contributed by atoms with Crippen molar-refractivity contribution in [1.82, 2.24) is 4.90 Å². The first-order valence-corrected chi connectivity index (χ1v) is 7.22. The van der Waals surface area contributed by atoms with Crippen molar-refractivity contribution in [2.24, 2.45) is 0 Å². The van der Waals surface area contributed by atoms with Gasteiger partial charge in [0.1, 0.15) is 0 Å². The molecule has 2 aromatic rings. The van der Waals surface area contributed by atoms with Gasteiger partial charge in [-0.15, -0.1) is 0 Å². The van der Waals surface area contributed by atoms with Gasteiger partial charge in [0.15, 0.2) is 5.78 Å². The van der Waals surface area contributed by atoms with Crippen molar-refractivity contribution in [3.8, 4) is 0 Å². The Hall–Kier alpha value is -1.64. The molecule has 1 fully saturated rings. The Morgan fingerprint density at radius 3 is 2.60 bits per heavy atom. The Bertz CT molecular complexity index is 634. The van der Waals surface area contributed by atoms with Crippen LogP contribution in [0.2, 0.25) is 5.02 Å². The third kappa shape index (κ3) is 2.77. The second-order valence-electron chi connectivity index (χ2n) is 5.13. The number of rotatable bonds is 4. The molecule has 0 spiro atoms. The first kappa shape index (κ1) is 13.3. The minimum absolute atomic E-state index is 0.0450. The van der Waals surface area contributed by atoms with Crippen LogP contribution < -0.4 is 0 Å². The van der Waals surface area contributed by atoms with Gasteiger partial charge >= 0.3 is 0 Å². The molecule has 0 atom stereocenters. The number of benzene rings is 2. The predicted octanol–water partition coefficient (Wildman–Crippen LogP) is 3.78. The summed E-state index contributed by atoms with van der Waals surface area (Å²) in [4.78, 5) is 15.0. The van der Waals surface area contributed by atoms with Crippen LogP contribution in [0.4, 0.5) is 0 Å². The van der Waals surface area contributed by atoms with Crippen molar-refractivity contribution < 1.29 is 4.79 Å². The molecule has 1 aliphatic heterocycles. The molecule has 20 heavy (non-hydrogen) atoms. The Kier molecular flexibility index (Phi) is 3.86. The number of nitrogens with zero attached hydrogens (tertiary/aromatic N) is 1. The molecular formula is C17H16ClNO. The maximum atomic E-state index is 12.6. The Labute approximate surface area is 124 Å². The summed E-state index contributed by atoms with van der Waals surface area (Å²) in [6, 6.07) is 15.0. The Morgan fingerprint density at radius 2 is 1.90 bits per heavy atom. The quantitative estimate of drug-likeness (QED) is 0.797. The molecule has 0 bridgehead atoms. The number of hydrogen-bond donors (Lipinski definition) is 0. The number of halogens is 1. The molecule has 102 valence electrons. The highest BCUT2D eigenvalue weighted by molar-refractivity contribution is 6.31. The van der Waals surface area contributed by atoms with Crippen LogP contribution in [0.15, 0.2) is 48.5 Å². The lowest BCUT2D eigenvalue weighted by atomic mass is 9.97. The summed E-state index contributed by atoms with van der Waals surface area (Å²) in [7, 11) is 0. The SMILES string of the molecule is O=C(c1cccc(Cl)c1)c1ccccc1CN1CCC1. The van der Waals surface area contributed by atoms with E-state index in [9.17, 15) is 4.79 Å². The number of carbonyl (C=O) groups is 1. The van der Waals surface area contributed by atoms with Crippen molar-refractivity contribution in [2.45, 2.75) is 13.0 Å². The molecule has 2 aromatic carbocycles. The average molecular weight is 286 g/mol. The zero-order valence-electron chi connectivity index (χ0n) is 11.2. The molecule has 0 N–H and O–H groups in total. The van der Waals surface area contributed by atoms with E-state index in [4.69, 9.17) is 11.6 Å². The zero-order chi connectivity index (χ0) is 13.9. The highest BCUT2D eigenvalue weighted by Crippen LogP contribution is 2.20. The maximum Gasteiger partial charge on any atom is 0.193 e. The number of carbonyl (C=O) groups excluding carboxylic acids is 1. The molecule has 1 aliphatic rings. The van der Waals surface area contributed by atoms with Gasteiger partial charge in [-0.2, -0.15) is 0 Å². The molecule has 1 saturated heterocycles. The lowest BCUT2D eigenvalue weighted by Crippen LogP contribution is -2.36. The molecule has 3 rings (SSSR count). The number of hydrogen-bond acceptors (Lipinski definition) is 2. The summed E-state index contributed by atoms with van der Waals surface area (Å²) < 4.78 is 0. The fourth-order valence-electron chi connectivity index (χ4n) is 2.45. The van der Waals surface area contributed by atoms with E-state index in [1.165, 1.54) is 6.42 Å². The van der Waals surface area contributed by atoms with Crippen LogP contribution in [0.1, 0.15) is 27.9 Å². The van der Waals surface area contributed by atoms with Gasteiger partial charge in [0.05, 0.1) is 0 Å². The molecule has 3 heteroatoms. The molecule has 0 saturated carbocycles.